The van der Waals surface area contributed by atoms with Crippen molar-refractivity contribution < 1.29 is 46.3 Å². The molecule has 0 aromatic heterocycles. The van der Waals surface area contributed by atoms with E-state index in [2.05, 4.69) is 15.4 Å². The zero-order valence-electron chi connectivity index (χ0n) is 32.1. The highest BCUT2D eigenvalue weighted by molar-refractivity contribution is 7.89. The van der Waals surface area contributed by atoms with Gasteiger partial charge in [-0.25, -0.2) is 22.4 Å². The van der Waals surface area contributed by atoms with Crippen LogP contribution in [0.2, 0.25) is 0 Å². The molecule has 3 heterocycles. The van der Waals surface area contributed by atoms with Gasteiger partial charge in [0, 0.05) is 24.4 Å². The summed E-state index contributed by atoms with van der Waals surface area (Å²) in [5, 5.41) is 5.47. The van der Waals surface area contributed by atoms with Crippen molar-refractivity contribution in [3.05, 3.63) is 82.7 Å². The van der Waals surface area contributed by atoms with E-state index in [9.17, 15) is 36.8 Å². The van der Waals surface area contributed by atoms with Crippen LogP contribution in [0.4, 0.5) is 14.0 Å². The van der Waals surface area contributed by atoms with Crippen molar-refractivity contribution in [2.24, 2.45) is 5.92 Å². The Bertz CT molecular complexity index is 2020. The molecule has 5 atom stereocenters. The van der Waals surface area contributed by atoms with Gasteiger partial charge in [0.05, 0.1) is 18.8 Å². The van der Waals surface area contributed by atoms with Crippen LogP contribution < -0.4 is 15.4 Å². The number of hydrogen-bond donors (Lipinski definition) is 3. The number of rotatable bonds is 6. The summed E-state index contributed by atoms with van der Waals surface area (Å²) in [5.41, 5.74) is -0.205. The normalized spacial score (nSPS) is 25.4. The fraction of sp³-hybridized carbons (Fsp3) is 0.525. The van der Waals surface area contributed by atoms with E-state index in [0.29, 0.717) is 36.0 Å². The largest absolute Gasteiger partial charge is 0.444 e. The van der Waals surface area contributed by atoms with Crippen molar-refractivity contribution in [1.29, 1.82) is 0 Å². The van der Waals surface area contributed by atoms with Crippen LogP contribution >= 0.6 is 0 Å². The molecule has 1 saturated heterocycles. The monoisotopic (exact) mass is 795 g/mol. The summed E-state index contributed by atoms with van der Waals surface area (Å²) in [6.07, 6.45) is 4.00. The number of ether oxygens (including phenoxy) is 2. The van der Waals surface area contributed by atoms with Crippen molar-refractivity contribution in [3.8, 4) is 0 Å². The molecule has 1 aliphatic carbocycles. The maximum absolute atomic E-state index is 14.5. The van der Waals surface area contributed by atoms with Crippen molar-refractivity contribution in [2.75, 3.05) is 6.54 Å². The molecule has 2 fully saturated rings. The van der Waals surface area contributed by atoms with Gasteiger partial charge >= 0.3 is 12.2 Å². The number of carbonyl (C=O) groups excluding carboxylic acids is 5. The van der Waals surface area contributed by atoms with Crippen molar-refractivity contribution >= 4 is 39.9 Å². The van der Waals surface area contributed by atoms with Crippen molar-refractivity contribution in [2.45, 2.75) is 121 Å². The van der Waals surface area contributed by atoms with Gasteiger partial charge in [0.2, 0.25) is 21.8 Å². The summed E-state index contributed by atoms with van der Waals surface area (Å²) in [6, 6.07) is 9.15. The Hall–Kier alpha value is -4.99. The summed E-state index contributed by atoms with van der Waals surface area (Å²) in [4.78, 5) is 71.6. The Kier molecular flexibility index (Phi) is 11.8. The second-order valence-electron chi connectivity index (χ2n) is 16.1. The van der Waals surface area contributed by atoms with Gasteiger partial charge in [0.25, 0.3) is 5.91 Å². The van der Waals surface area contributed by atoms with E-state index in [1.165, 1.54) is 15.9 Å². The quantitative estimate of drug-likeness (QED) is 0.355. The SMILES string of the molecule is Cc1ccccc1CS(=O)(=O)NC(=O)[C@@]12C[C@H]1C=CCCCCC[C@H](NC(=O)OC(C)(C)C)C(=O)N1C[C@H](OC(=O)N3Cc4cccc(F)c4C3)C[C@H]1C(=O)N2. The van der Waals surface area contributed by atoms with Gasteiger partial charge in [-0.1, -0.05) is 61.4 Å². The minimum Gasteiger partial charge on any atom is -0.444 e. The Morgan fingerprint density at radius 3 is 2.54 bits per heavy atom. The van der Waals surface area contributed by atoms with E-state index in [4.69, 9.17) is 9.47 Å². The number of aryl methyl sites for hydroxylation is 1. The van der Waals surface area contributed by atoms with E-state index >= 15 is 0 Å². The van der Waals surface area contributed by atoms with Crippen LogP contribution in [0.5, 0.6) is 0 Å². The van der Waals surface area contributed by atoms with Crippen LogP contribution in [-0.4, -0.2) is 84.0 Å². The fourth-order valence-corrected chi connectivity index (χ4v) is 8.86. The molecule has 0 unspecified atom stereocenters. The van der Waals surface area contributed by atoms with Crippen LogP contribution in [0.3, 0.4) is 0 Å². The molecule has 3 N–H and O–H groups in total. The van der Waals surface area contributed by atoms with E-state index in [0.717, 1.165) is 12.0 Å². The van der Waals surface area contributed by atoms with Crippen molar-refractivity contribution in [3.63, 3.8) is 0 Å². The zero-order valence-corrected chi connectivity index (χ0v) is 33.0. The highest BCUT2D eigenvalue weighted by atomic mass is 32.2. The first kappa shape index (κ1) is 40.7. The third-order valence-corrected chi connectivity index (χ3v) is 11.8. The fourth-order valence-electron chi connectivity index (χ4n) is 7.59. The number of amides is 5. The molecule has 0 bridgehead atoms. The maximum Gasteiger partial charge on any atom is 0.410 e. The lowest BCUT2D eigenvalue weighted by Crippen LogP contribution is -2.58. The standard InChI is InChI=1S/C40H50FN5O9S/c1-25-13-10-11-14-27(25)24-56(52,53)44-36(49)40-20-28(40)16-8-6-5-7-9-18-32(42-37(50)55-39(2,3)4)35(48)46-22-29(19-33(46)34(47)43-40)54-38(51)45-21-26-15-12-17-31(41)30(26)23-45/h8,10-17,28-29,32-33H,5-7,9,18-24H2,1-4H3,(H,42,50)(H,43,47)(H,44,49)/t28-,29-,32+,33+,40-/m1/s1. The van der Waals surface area contributed by atoms with Gasteiger partial charge in [-0.2, -0.15) is 0 Å². The molecule has 3 aliphatic heterocycles. The van der Waals surface area contributed by atoms with Crippen LogP contribution in [0.25, 0.3) is 0 Å². The number of fused-ring (bicyclic) bond motifs is 3. The van der Waals surface area contributed by atoms with Crippen molar-refractivity contribution in [1.82, 2.24) is 25.2 Å². The second kappa shape index (κ2) is 16.2. The van der Waals surface area contributed by atoms with E-state index in [1.807, 2.05) is 6.08 Å². The first-order chi connectivity index (χ1) is 26.4. The van der Waals surface area contributed by atoms with Crippen LogP contribution in [-0.2, 0) is 52.7 Å². The molecule has 4 aliphatic rings. The third-order valence-electron chi connectivity index (χ3n) is 10.6. The number of hydrogen-bond acceptors (Lipinski definition) is 9. The summed E-state index contributed by atoms with van der Waals surface area (Å²) in [5.74, 6) is -3.67. The smallest absolute Gasteiger partial charge is 0.410 e. The second-order valence-corrected chi connectivity index (χ2v) is 17.9. The predicted octanol–water partition coefficient (Wildman–Crippen LogP) is 4.49. The number of carbonyl (C=O) groups is 5. The number of nitrogens with zero attached hydrogens (tertiary/aromatic N) is 2. The average Bonchev–Trinajstić information content (AvgIpc) is 3.40. The zero-order chi connectivity index (χ0) is 40.4. The minimum absolute atomic E-state index is 0.0126. The lowest BCUT2D eigenvalue weighted by molar-refractivity contribution is -0.141. The molecule has 0 spiro atoms. The van der Waals surface area contributed by atoms with Gasteiger partial charge in [0.1, 0.15) is 35.1 Å². The molecule has 2 aromatic rings. The Morgan fingerprint density at radius 1 is 1.04 bits per heavy atom. The lowest BCUT2D eigenvalue weighted by Gasteiger charge is -2.30. The Balaban J connectivity index is 1.25. The average molecular weight is 796 g/mol. The number of benzene rings is 2. The maximum atomic E-state index is 14.5. The first-order valence-corrected chi connectivity index (χ1v) is 20.7. The number of sulfonamides is 1. The van der Waals surface area contributed by atoms with Gasteiger partial charge in [0.15, 0.2) is 0 Å². The topological polar surface area (TPSA) is 181 Å². The number of allylic oxidation sites excluding steroid dienone is 1. The van der Waals surface area contributed by atoms with Crippen LogP contribution in [0.1, 0.15) is 88.0 Å². The summed E-state index contributed by atoms with van der Waals surface area (Å²) in [6.45, 7) is 6.73. The molecule has 0 radical (unpaired) electrons. The molecule has 302 valence electrons. The molecule has 16 heteroatoms. The van der Waals surface area contributed by atoms with Crippen LogP contribution in [0, 0.1) is 18.7 Å². The molecule has 2 aromatic carbocycles. The predicted molar refractivity (Wildman–Crippen MR) is 202 cm³/mol. The third kappa shape index (κ3) is 9.51. The molecule has 6 rings (SSSR count). The van der Waals surface area contributed by atoms with Gasteiger partial charge in [-0.15, -0.1) is 0 Å². The molecular weight excluding hydrogens is 746 g/mol. The highest BCUT2D eigenvalue weighted by Crippen LogP contribution is 2.46. The van der Waals surface area contributed by atoms with E-state index < -0.39 is 86.7 Å². The minimum atomic E-state index is -4.19. The summed E-state index contributed by atoms with van der Waals surface area (Å²) < 4.78 is 54.5. The van der Waals surface area contributed by atoms with E-state index in [1.54, 1.807) is 70.2 Å². The summed E-state index contributed by atoms with van der Waals surface area (Å²) >= 11 is 0. The molecule has 56 heavy (non-hydrogen) atoms. The Labute approximate surface area is 326 Å². The first-order valence-electron chi connectivity index (χ1n) is 19.0. The molecular formula is C40H50FN5O9S. The van der Waals surface area contributed by atoms with E-state index in [-0.39, 0.29) is 38.9 Å². The molecule has 5 amide bonds. The number of nitrogens with one attached hydrogen (secondary N) is 3. The number of alkyl carbamates (subject to hydrolysis) is 1. The van der Waals surface area contributed by atoms with Gasteiger partial charge < -0.3 is 25.0 Å². The van der Waals surface area contributed by atoms with Gasteiger partial charge in [-0.3, -0.25) is 24.0 Å². The number of halogens is 1. The van der Waals surface area contributed by atoms with Crippen LogP contribution in [0.15, 0.2) is 54.6 Å². The molecule has 1 saturated carbocycles. The highest BCUT2D eigenvalue weighted by Gasteiger charge is 2.61. The lowest BCUT2D eigenvalue weighted by atomic mass is 10.0. The van der Waals surface area contributed by atoms with Gasteiger partial charge in [-0.05, 0) is 76.1 Å². The summed E-state index contributed by atoms with van der Waals surface area (Å²) in [7, 11) is -4.19. The molecule has 14 nitrogen and oxygen atoms in total. The Morgan fingerprint density at radius 2 is 1.80 bits per heavy atom.